The summed E-state index contributed by atoms with van der Waals surface area (Å²) in [5.74, 6) is -0.453. The third-order valence-corrected chi connectivity index (χ3v) is 4.14. The van der Waals surface area contributed by atoms with E-state index in [1.165, 1.54) is 0 Å². The van der Waals surface area contributed by atoms with Gasteiger partial charge in [-0.05, 0) is 46.1 Å². The Balaban J connectivity index is 1.74. The number of amides is 1. The van der Waals surface area contributed by atoms with E-state index in [4.69, 9.17) is 0 Å². The molecule has 0 saturated heterocycles. The van der Waals surface area contributed by atoms with Crippen molar-refractivity contribution in [1.29, 1.82) is 0 Å². The number of aryl methyl sites for hydroxylation is 1. The number of hydrogen-bond acceptors (Lipinski definition) is 3. The molecular weight excluding hydrogens is 370 g/mol. The van der Waals surface area contributed by atoms with Crippen LogP contribution in [0.5, 0.6) is 5.75 Å². The topological polar surface area (TPSA) is 67.2 Å². The van der Waals surface area contributed by atoms with Gasteiger partial charge in [0.15, 0.2) is 0 Å². The first kappa shape index (κ1) is 16.3. The van der Waals surface area contributed by atoms with Crippen molar-refractivity contribution in [3.63, 3.8) is 0 Å². The molecule has 3 rings (SSSR count). The quantitative estimate of drug-likeness (QED) is 0.713. The Morgan fingerprint density at radius 3 is 2.79 bits per heavy atom. The van der Waals surface area contributed by atoms with Crippen LogP contribution in [0.1, 0.15) is 21.5 Å². The van der Waals surface area contributed by atoms with E-state index in [9.17, 15) is 9.90 Å². The fraction of sp³-hybridized carbons (Fsp3) is 0.111. The summed E-state index contributed by atoms with van der Waals surface area (Å²) in [7, 11) is 0. The van der Waals surface area contributed by atoms with Gasteiger partial charge in [0.1, 0.15) is 5.75 Å². The van der Waals surface area contributed by atoms with Gasteiger partial charge in [-0.1, -0.05) is 30.3 Å². The van der Waals surface area contributed by atoms with Crippen LogP contribution in [0.4, 0.5) is 5.69 Å². The number of benzene rings is 2. The van der Waals surface area contributed by atoms with E-state index < -0.39 is 0 Å². The first-order valence-electron chi connectivity index (χ1n) is 7.40. The first-order chi connectivity index (χ1) is 11.5. The van der Waals surface area contributed by atoms with E-state index in [0.717, 1.165) is 11.1 Å². The summed E-state index contributed by atoms with van der Waals surface area (Å²) in [6.45, 7) is 2.48. The van der Waals surface area contributed by atoms with Gasteiger partial charge in [0.05, 0.1) is 28.5 Å². The van der Waals surface area contributed by atoms with Gasteiger partial charge in [0.2, 0.25) is 0 Å². The minimum atomic E-state index is -0.379. The van der Waals surface area contributed by atoms with Crippen molar-refractivity contribution in [2.45, 2.75) is 13.5 Å². The Hall–Kier alpha value is -2.60. The third-order valence-electron chi connectivity index (χ3n) is 3.53. The Kier molecular flexibility index (Phi) is 4.66. The van der Waals surface area contributed by atoms with Gasteiger partial charge < -0.3 is 10.4 Å². The number of aromatic nitrogens is 2. The highest BCUT2D eigenvalue weighted by Crippen LogP contribution is 2.29. The van der Waals surface area contributed by atoms with Crippen LogP contribution in [0.25, 0.3) is 0 Å². The number of hydrogen-bond donors (Lipinski definition) is 2. The smallest absolute Gasteiger partial charge is 0.259 e. The number of phenols is 1. The second-order valence-corrected chi connectivity index (χ2v) is 6.36. The van der Waals surface area contributed by atoms with Gasteiger partial charge in [-0.2, -0.15) is 5.10 Å². The highest BCUT2D eigenvalue weighted by atomic mass is 79.9. The second-order valence-electron chi connectivity index (χ2n) is 5.51. The SMILES string of the molecule is Cc1cc(Br)c(O)c(C(=O)Nc2cnn(Cc3ccccc3)c2)c1. The molecule has 0 aliphatic carbocycles. The van der Waals surface area contributed by atoms with E-state index in [1.807, 2.05) is 37.3 Å². The Labute approximate surface area is 148 Å². The van der Waals surface area contributed by atoms with Crippen LogP contribution in [0.15, 0.2) is 59.3 Å². The number of anilines is 1. The molecule has 1 amide bonds. The molecule has 0 unspecified atom stereocenters. The number of carbonyl (C=O) groups excluding carboxylic acids is 1. The molecule has 5 nitrogen and oxygen atoms in total. The second kappa shape index (κ2) is 6.88. The summed E-state index contributed by atoms with van der Waals surface area (Å²) in [5, 5.41) is 17.0. The zero-order valence-electron chi connectivity index (χ0n) is 13.0. The Morgan fingerprint density at radius 1 is 1.29 bits per heavy atom. The molecule has 2 N–H and O–H groups in total. The van der Waals surface area contributed by atoms with Crippen molar-refractivity contribution in [3.05, 3.63) is 76.0 Å². The molecule has 0 radical (unpaired) electrons. The van der Waals surface area contributed by atoms with Crippen LogP contribution in [-0.2, 0) is 6.54 Å². The number of nitrogens with zero attached hydrogens (tertiary/aromatic N) is 2. The number of phenolic OH excluding ortho intramolecular Hbond substituents is 1. The molecule has 1 aromatic heterocycles. The van der Waals surface area contributed by atoms with E-state index in [1.54, 1.807) is 29.2 Å². The van der Waals surface area contributed by atoms with Gasteiger partial charge >= 0.3 is 0 Å². The largest absolute Gasteiger partial charge is 0.506 e. The molecule has 122 valence electrons. The molecule has 0 saturated carbocycles. The summed E-state index contributed by atoms with van der Waals surface area (Å²) >= 11 is 3.25. The van der Waals surface area contributed by atoms with Crippen molar-refractivity contribution in [3.8, 4) is 5.75 Å². The number of halogens is 1. The molecule has 6 heteroatoms. The molecule has 3 aromatic rings. The molecular formula is C18H16BrN3O2. The number of carbonyl (C=O) groups is 1. The fourth-order valence-corrected chi connectivity index (χ4v) is 2.97. The minimum Gasteiger partial charge on any atom is -0.506 e. The standard InChI is InChI=1S/C18H16BrN3O2/c1-12-7-15(17(23)16(19)8-12)18(24)21-14-9-20-22(11-14)10-13-5-3-2-4-6-13/h2-9,11,23H,10H2,1H3,(H,21,24). The maximum absolute atomic E-state index is 12.4. The molecule has 24 heavy (non-hydrogen) atoms. The third kappa shape index (κ3) is 3.65. The van der Waals surface area contributed by atoms with Crippen LogP contribution in [0, 0.1) is 6.92 Å². The average molecular weight is 386 g/mol. The van der Waals surface area contributed by atoms with Crippen LogP contribution in [0.2, 0.25) is 0 Å². The maximum atomic E-state index is 12.4. The summed E-state index contributed by atoms with van der Waals surface area (Å²) < 4.78 is 2.24. The summed E-state index contributed by atoms with van der Waals surface area (Å²) in [5.41, 5.74) is 2.80. The van der Waals surface area contributed by atoms with Gasteiger partial charge in [0.25, 0.3) is 5.91 Å². The summed E-state index contributed by atoms with van der Waals surface area (Å²) in [4.78, 5) is 12.4. The van der Waals surface area contributed by atoms with Gasteiger partial charge in [-0.15, -0.1) is 0 Å². The lowest BCUT2D eigenvalue weighted by atomic mass is 10.1. The normalized spacial score (nSPS) is 10.6. The minimum absolute atomic E-state index is 0.0743. The number of nitrogens with one attached hydrogen (secondary N) is 1. The Bertz CT molecular complexity index is 875. The first-order valence-corrected chi connectivity index (χ1v) is 8.19. The van der Waals surface area contributed by atoms with Crippen molar-refractivity contribution in [2.75, 3.05) is 5.32 Å². The van der Waals surface area contributed by atoms with E-state index in [2.05, 4.69) is 26.3 Å². The van der Waals surface area contributed by atoms with E-state index in [-0.39, 0.29) is 17.2 Å². The van der Waals surface area contributed by atoms with Crippen LogP contribution in [-0.4, -0.2) is 20.8 Å². The van der Waals surface area contributed by atoms with Crippen LogP contribution >= 0.6 is 15.9 Å². The number of aromatic hydroxyl groups is 1. The monoisotopic (exact) mass is 385 g/mol. The van der Waals surface area contributed by atoms with E-state index >= 15 is 0 Å². The van der Waals surface area contributed by atoms with E-state index in [0.29, 0.717) is 16.7 Å². The van der Waals surface area contributed by atoms with Crippen molar-refractivity contribution in [2.24, 2.45) is 0 Å². The van der Waals surface area contributed by atoms with Gasteiger partial charge in [0, 0.05) is 6.20 Å². The predicted octanol–water partition coefficient (Wildman–Crippen LogP) is 3.96. The molecule has 0 bridgehead atoms. The lowest BCUT2D eigenvalue weighted by Crippen LogP contribution is -2.12. The lowest BCUT2D eigenvalue weighted by Gasteiger charge is -2.08. The summed E-state index contributed by atoms with van der Waals surface area (Å²) in [6, 6.07) is 13.3. The van der Waals surface area contributed by atoms with Crippen LogP contribution < -0.4 is 5.32 Å². The van der Waals surface area contributed by atoms with Gasteiger partial charge in [-0.25, -0.2) is 0 Å². The number of rotatable bonds is 4. The molecule has 0 fully saturated rings. The molecule has 0 spiro atoms. The highest BCUT2D eigenvalue weighted by molar-refractivity contribution is 9.10. The average Bonchev–Trinajstić information content (AvgIpc) is 2.98. The molecule has 0 aliphatic heterocycles. The maximum Gasteiger partial charge on any atom is 0.259 e. The molecule has 0 atom stereocenters. The van der Waals surface area contributed by atoms with Crippen LogP contribution in [0.3, 0.4) is 0 Å². The zero-order chi connectivity index (χ0) is 17.1. The summed E-state index contributed by atoms with van der Waals surface area (Å²) in [6.07, 6.45) is 3.34. The molecule has 1 heterocycles. The fourth-order valence-electron chi connectivity index (χ4n) is 2.39. The highest BCUT2D eigenvalue weighted by Gasteiger charge is 2.15. The molecule has 0 aliphatic rings. The predicted molar refractivity (Wildman–Crippen MR) is 96.3 cm³/mol. The zero-order valence-corrected chi connectivity index (χ0v) is 14.6. The Morgan fingerprint density at radius 2 is 2.04 bits per heavy atom. The lowest BCUT2D eigenvalue weighted by molar-refractivity contribution is 0.102. The van der Waals surface area contributed by atoms with Crippen molar-refractivity contribution < 1.29 is 9.90 Å². The van der Waals surface area contributed by atoms with Gasteiger partial charge in [-0.3, -0.25) is 9.48 Å². The van der Waals surface area contributed by atoms with Crippen molar-refractivity contribution in [1.82, 2.24) is 9.78 Å². The van der Waals surface area contributed by atoms with Crippen molar-refractivity contribution >= 4 is 27.5 Å². The molecule has 2 aromatic carbocycles.